The first-order valence-electron chi connectivity index (χ1n) is 14.3. The van der Waals surface area contributed by atoms with E-state index in [2.05, 4.69) is 140 Å². The normalized spacial score (nSPS) is 14.1. The fraction of sp³-hybridized carbons (Fsp3) is 0.0250. The maximum Gasteiger partial charge on any atom is 0.0753 e. The lowest BCUT2D eigenvalue weighted by Crippen LogP contribution is -2.00. The van der Waals surface area contributed by atoms with E-state index in [1.807, 2.05) is 6.20 Å². The van der Waals surface area contributed by atoms with E-state index in [0.29, 0.717) is 0 Å². The molecule has 1 heteroatoms. The summed E-state index contributed by atoms with van der Waals surface area (Å²) in [5.41, 5.74) is 8.83. The highest BCUT2D eigenvalue weighted by molar-refractivity contribution is 6.17. The second kappa shape index (κ2) is 8.61. The molecule has 1 aliphatic rings. The molecule has 0 saturated heterocycles. The minimum absolute atomic E-state index is 0.137. The van der Waals surface area contributed by atoms with Crippen LogP contribution >= 0.6 is 0 Å². The molecule has 41 heavy (non-hydrogen) atoms. The molecule has 0 aliphatic heterocycles. The Labute approximate surface area is 238 Å². The van der Waals surface area contributed by atoms with Crippen LogP contribution in [0.5, 0.6) is 0 Å². The number of rotatable bonds is 2. The van der Waals surface area contributed by atoms with Crippen LogP contribution in [0.2, 0.25) is 0 Å². The Balaban J connectivity index is 1.23. The first-order valence-corrected chi connectivity index (χ1v) is 14.3. The van der Waals surface area contributed by atoms with Crippen molar-refractivity contribution in [1.29, 1.82) is 0 Å². The van der Waals surface area contributed by atoms with E-state index in [1.54, 1.807) is 0 Å². The Morgan fingerprint density at radius 1 is 0.439 bits per heavy atom. The standard InChI is InChI=1S/C40H25N/c1-2-9-30-26(8-1)17-18-27-19-22-29(24-36(27)30)25-15-20-28(21-16-25)37-35-14-7-23-41-40(35)39-34-13-6-4-11-32(34)31-10-3-5-12-33(31)38(37)39/h1-24,37H. The second-order valence-corrected chi connectivity index (χ2v) is 11.1. The number of hydrogen-bond donors (Lipinski definition) is 0. The third-order valence-corrected chi connectivity index (χ3v) is 8.97. The molecule has 1 nitrogen and oxygen atoms in total. The average molecular weight is 520 g/mol. The van der Waals surface area contributed by atoms with Crippen molar-refractivity contribution in [3.63, 3.8) is 0 Å². The van der Waals surface area contributed by atoms with Crippen LogP contribution in [-0.2, 0) is 0 Å². The molecule has 0 bridgehead atoms. The maximum absolute atomic E-state index is 4.95. The molecule has 0 fully saturated rings. The molecular formula is C40H25N. The molecule has 8 aromatic rings. The van der Waals surface area contributed by atoms with E-state index in [1.165, 1.54) is 76.5 Å². The summed E-state index contributed by atoms with van der Waals surface area (Å²) in [5, 5.41) is 10.3. The highest BCUT2D eigenvalue weighted by Gasteiger charge is 2.34. The molecule has 7 aromatic carbocycles. The van der Waals surface area contributed by atoms with Gasteiger partial charge in [0.15, 0.2) is 0 Å². The van der Waals surface area contributed by atoms with Crippen LogP contribution < -0.4 is 0 Å². The number of aromatic nitrogens is 1. The minimum atomic E-state index is 0.137. The van der Waals surface area contributed by atoms with E-state index in [-0.39, 0.29) is 5.92 Å². The third-order valence-electron chi connectivity index (χ3n) is 8.97. The SMILES string of the molecule is c1cnc2c(c1)C(c1ccc(-c3ccc4ccc5ccccc5c4c3)cc1)c1c-2c2ccccc2c2ccccc12. The largest absolute Gasteiger partial charge is 0.256 e. The van der Waals surface area contributed by atoms with Crippen LogP contribution in [0.4, 0.5) is 0 Å². The molecular weight excluding hydrogens is 494 g/mol. The van der Waals surface area contributed by atoms with Crippen molar-refractivity contribution >= 4 is 43.1 Å². The van der Waals surface area contributed by atoms with Crippen molar-refractivity contribution in [1.82, 2.24) is 4.98 Å². The summed E-state index contributed by atoms with van der Waals surface area (Å²) in [6.45, 7) is 0. The first kappa shape index (κ1) is 22.5. The van der Waals surface area contributed by atoms with Gasteiger partial charge in [0.2, 0.25) is 0 Å². The summed E-state index contributed by atoms with van der Waals surface area (Å²) in [5.74, 6) is 0.137. The van der Waals surface area contributed by atoms with Gasteiger partial charge in [-0.25, -0.2) is 0 Å². The summed E-state index contributed by atoms with van der Waals surface area (Å²) < 4.78 is 0. The number of nitrogens with zero attached hydrogens (tertiary/aromatic N) is 1. The maximum atomic E-state index is 4.95. The predicted octanol–water partition coefficient (Wildman–Crippen LogP) is 10.5. The Kier molecular flexibility index (Phi) is 4.73. The zero-order valence-corrected chi connectivity index (χ0v) is 22.4. The van der Waals surface area contributed by atoms with Crippen molar-refractivity contribution in [2.75, 3.05) is 0 Å². The van der Waals surface area contributed by atoms with Gasteiger partial charge in [0.25, 0.3) is 0 Å². The lowest BCUT2D eigenvalue weighted by Gasteiger charge is -2.18. The summed E-state index contributed by atoms with van der Waals surface area (Å²) >= 11 is 0. The molecule has 1 unspecified atom stereocenters. The lowest BCUT2D eigenvalue weighted by molar-refractivity contribution is 1.02. The highest BCUT2D eigenvalue weighted by atomic mass is 14.7. The number of hydrogen-bond acceptors (Lipinski definition) is 1. The van der Waals surface area contributed by atoms with Crippen LogP contribution in [0.3, 0.4) is 0 Å². The fourth-order valence-electron chi connectivity index (χ4n) is 7.13. The third kappa shape index (κ3) is 3.27. The van der Waals surface area contributed by atoms with E-state index >= 15 is 0 Å². The van der Waals surface area contributed by atoms with Crippen molar-refractivity contribution in [2.24, 2.45) is 0 Å². The lowest BCUT2D eigenvalue weighted by atomic mass is 9.84. The van der Waals surface area contributed by atoms with Crippen molar-refractivity contribution in [3.8, 4) is 22.4 Å². The van der Waals surface area contributed by atoms with Gasteiger partial charge in [-0.2, -0.15) is 0 Å². The van der Waals surface area contributed by atoms with Crippen LogP contribution in [0.15, 0.2) is 146 Å². The number of pyridine rings is 1. The van der Waals surface area contributed by atoms with Gasteiger partial charge in [-0.15, -0.1) is 0 Å². The molecule has 0 spiro atoms. The fourth-order valence-corrected chi connectivity index (χ4v) is 7.13. The molecule has 0 radical (unpaired) electrons. The van der Waals surface area contributed by atoms with Gasteiger partial charge in [-0.1, -0.05) is 127 Å². The zero-order chi connectivity index (χ0) is 26.9. The van der Waals surface area contributed by atoms with Gasteiger partial charge < -0.3 is 0 Å². The van der Waals surface area contributed by atoms with Gasteiger partial charge in [-0.05, 0) is 83.0 Å². The van der Waals surface area contributed by atoms with Gasteiger partial charge in [-0.3, -0.25) is 4.98 Å². The van der Waals surface area contributed by atoms with E-state index in [9.17, 15) is 0 Å². The molecule has 0 amide bonds. The van der Waals surface area contributed by atoms with Gasteiger partial charge in [0, 0.05) is 17.7 Å². The topological polar surface area (TPSA) is 12.9 Å². The van der Waals surface area contributed by atoms with Crippen LogP contribution in [0.25, 0.3) is 65.5 Å². The van der Waals surface area contributed by atoms with E-state index in [0.717, 1.165) is 5.69 Å². The average Bonchev–Trinajstić information content (AvgIpc) is 3.40. The Morgan fingerprint density at radius 3 is 1.85 bits per heavy atom. The van der Waals surface area contributed by atoms with Gasteiger partial charge in [0.1, 0.15) is 0 Å². The molecule has 9 rings (SSSR count). The Hall–Kier alpha value is -5.27. The van der Waals surface area contributed by atoms with Crippen LogP contribution in [0.1, 0.15) is 22.6 Å². The summed E-state index contributed by atoms with van der Waals surface area (Å²) in [7, 11) is 0. The van der Waals surface area contributed by atoms with Crippen LogP contribution in [0, 0.1) is 0 Å². The predicted molar refractivity (Wildman–Crippen MR) is 173 cm³/mol. The van der Waals surface area contributed by atoms with Crippen molar-refractivity contribution in [3.05, 3.63) is 162 Å². The number of benzene rings is 7. The van der Waals surface area contributed by atoms with Gasteiger partial charge in [0.05, 0.1) is 5.69 Å². The Bertz CT molecular complexity index is 2310. The highest BCUT2D eigenvalue weighted by Crippen LogP contribution is 2.53. The summed E-state index contributed by atoms with van der Waals surface area (Å²) in [6, 6.07) is 51.1. The quantitative estimate of drug-likeness (QED) is 0.207. The van der Waals surface area contributed by atoms with Crippen molar-refractivity contribution in [2.45, 2.75) is 5.92 Å². The smallest absolute Gasteiger partial charge is 0.0753 e. The summed E-state index contributed by atoms with van der Waals surface area (Å²) in [4.78, 5) is 4.95. The molecule has 1 atom stereocenters. The zero-order valence-electron chi connectivity index (χ0n) is 22.4. The molecule has 0 saturated carbocycles. The molecule has 0 N–H and O–H groups in total. The molecule has 1 heterocycles. The second-order valence-electron chi connectivity index (χ2n) is 11.1. The monoisotopic (exact) mass is 519 g/mol. The Morgan fingerprint density at radius 2 is 1.05 bits per heavy atom. The van der Waals surface area contributed by atoms with Crippen molar-refractivity contribution < 1.29 is 0 Å². The minimum Gasteiger partial charge on any atom is -0.256 e. The number of fused-ring (bicyclic) bond motifs is 11. The molecule has 1 aromatic heterocycles. The van der Waals surface area contributed by atoms with E-state index < -0.39 is 0 Å². The molecule has 1 aliphatic carbocycles. The first-order chi connectivity index (χ1) is 20.3. The molecule has 190 valence electrons. The van der Waals surface area contributed by atoms with Gasteiger partial charge >= 0.3 is 0 Å². The van der Waals surface area contributed by atoms with Crippen LogP contribution in [-0.4, -0.2) is 4.98 Å². The summed E-state index contributed by atoms with van der Waals surface area (Å²) in [6.07, 6.45) is 1.93. The van der Waals surface area contributed by atoms with E-state index in [4.69, 9.17) is 4.98 Å².